The fourth-order valence-corrected chi connectivity index (χ4v) is 3.17. The van der Waals surface area contributed by atoms with Gasteiger partial charge in [-0.2, -0.15) is 0 Å². The molecule has 2 aromatic rings. The second-order valence-corrected chi connectivity index (χ2v) is 6.87. The van der Waals surface area contributed by atoms with Crippen molar-refractivity contribution in [2.24, 2.45) is 5.41 Å². The molecule has 0 aromatic heterocycles. The Labute approximate surface area is 147 Å². The van der Waals surface area contributed by atoms with Gasteiger partial charge < -0.3 is 19.9 Å². The zero-order valence-corrected chi connectivity index (χ0v) is 14.7. The van der Waals surface area contributed by atoms with Gasteiger partial charge in [-0.05, 0) is 36.2 Å². The van der Waals surface area contributed by atoms with Crippen molar-refractivity contribution in [2.45, 2.75) is 26.8 Å². The third-order valence-electron chi connectivity index (χ3n) is 4.45. The standard InChI is InChI=1S/C20H23NO4/c1-4-24-15-7-5-6-13(10-15)14-8-9-16-17(11-14)25-12-20(2,3)18(16)21-19(22)23/h5-11,18,21H,4,12H2,1-3H3,(H,22,23). The van der Waals surface area contributed by atoms with Crippen molar-refractivity contribution < 1.29 is 19.4 Å². The van der Waals surface area contributed by atoms with Crippen LogP contribution >= 0.6 is 0 Å². The minimum absolute atomic E-state index is 0.308. The SMILES string of the molecule is CCOc1cccc(-c2ccc3c(c2)OCC(C)(C)C3NC(=O)O)c1. The smallest absolute Gasteiger partial charge is 0.405 e. The highest BCUT2D eigenvalue weighted by Crippen LogP contribution is 2.44. The van der Waals surface area contributed by atoms with Crippen LogP contribution in [0, 0.1) is 5.41 Å². The first kappa shape index (κ1) is 17.1. The maximum Gasteiger partial charge on any atom is 0.405 e. The second-order valence-electron chi connectivity index (χ2n) is 6.87. The van der Waals surface area contributed by atoms with E-state index in [1.807, 2.05) is 63.2 Å². The Morgan fingerprint density at radius 2 is 2.04 bits per heavy atom. The van der Waals surface area contributed by atoms with Gasteiger partial charge in [-0.15, -0.1) is 0 Å². The van der Waals surface area contributed by atoms with Gasteiger partial charge in [-0.25, -0.2) is 4.79 Å². The average molecular weight is 341 g/mol. The number of hydrogen-bond acceptors (Lipinski definition) is 3. The van der Waals surface area contributed by atoms with Crippen LogP contribution in [0.15, 0.2) is 42.5 Å². The van der Waals surface area contributed by atoms with Crippen LogP contribution in [0.1, 0.15) is 32.4 Å². The zero-order valence-electron chi connectivity index (χ0n) is 14.7. The van der Waals surface area contributed by atoms with Gasteiger partial charge in [0.1, 0.15) is 11.5 Å². The number of nitrogens with one attached hydrogen (secondary N) is 1. The maximum absolute atomic E-state index is 11.2. The third-order valence-corrected chi connectivity index (χ3v) is 4.45. The highest BCUT2D eigenvalue weighted by molar-refractivity contribution is 5.69. The van der Waals surface area contributed by atoms with E-state index in [1.54, 1.807) is 0 Å². The van der Waals surface area contributed by atoms with Gasteiger partial charge in [0.15, 0.2) is 0 Å². The molecule has 1 amide bonds. The largest absolute Gasteiger partial charge is 0.494 e. The van der Waals surface area contributed by atoms with E-state index in [0.29, 0.717) is 13.2 Å². The van der Waals surface area contributed by atoms with Gasteiger partial charge in [0, 0.05) is 11.0 Å². The Balaban J connectivity index is 1.97. The molecule has 1 unspecified atom stereocenters. The quantitative estimate of drug-likeness (QED) is 0.860. The van der Waals surface area contributed by atoms with E-state index in [-0.39, 0.29) is 11.5 Å². The van der Waals surface area contributed by atoms with Gasteiger partial charge in [0.25, 0.3) is 0 Å². The molecule has 0 fully saturated rings. The summed E-state index contributed by atoms with van der Waals surface area (Å²) in [6.45, 7) is 7.02. The van der Waals surface area contributed by atoms with Gasteiger partial charge in [-0.1, -0.05) is 38.1 Å². The molecule has 132 valence electrons. The maximum atomic E-state index is 11.2. The Bertz CT molecular complexity index is 785. The highest BCUT2D eigenvalue weighted by atomic mass is 16.5. The summed E-state index contributed by atoms with van der Waals surface area (Å²) >= 11 is 0. The van der Waals surface area contributed by atoms with Crippen molar-refractivity contribution in [3.8, 4) is 22.6 Å². The molecule has 1 aliphatic heterocycles. The predicted octanol–water partition coefficient (Wildman–Crippen LogP) is 4.48. The van der Waals surface area contributed by atoms with Crippen LogP contribution in [0.5, 0.6) is 11.5 Å². The zero-order chi connectivity index (χ0) is 18.0. The normalized spacial score (nSPS) is 18.0. The van der Waals surface area contributed by atoms with E-state index in [0.717, 1.165) is 28.2 Å². The number of ether oxygens (including phenoxy) is 2. The molecule has 1 aliphatic rings. The van der Waals surface area contributed by atoms with Crippen LogP contribution in [-0.2, 0) is 0 Å². The Morgan fingerprint density at radius 1 is 1.28 bits per heavy atom. The summed E-state index contributed by atoms with van der Waals surface area (Å²) in [4.78, 5) is 11.2. The average Bonchev–Trinajstić information content (AvgIpc) is 2.57. The van der Waals surface area contributed by atoms with Crippen LogP contribution < -0.4 is 14.8 Å². The lowest BCUT2D eigenvalue weighted by molar-refractivity contribution is 0.0996. The first-order valence-electron chi connectivity index (χ1n) is 8.40. The van der Waals surface area contributed by atoms with Gasteiger partial charge in [0.2, 0.25) is 0 Å². The van der Waals surface area contributed by atoms with Crippen molar-refractivity contribution in [3.05, 3.63) is 48.0 Å². The first-order chi connectivity index (χ1) is 11.9. The molecule has 0 aliphatic carbocycles. The van der Waals surface area contributed by atoms with Gasteiger partial charge in [0.05, 0.1) is 19.3 Å². The van der Waals surface area contributed by atoms with Crippen molar-refractivity contribution in [1.29, 1.82) is 0 Å². The number of carboxylic acid groups (broad SMARTS) is 1. The molecule has 5 heteroatoms. The third kappa shape index (κ3) is 3.55. The molecule has 0 saturated heterocycles. The molecule has 2 N–H and O–H groups in total. The molecule has 2 aromatic carbocycles. The number of amides is 1. The van der Waals surface area contributed by atoms with E-state index >= 15 is 0 Å². The predicted molar refractivity (Wildman–Crippen MR) is 96.2 cm³/mol. The first-order valence-corrected chi connectivity index (χ1v) is 8.40. The molecule has 25 heavy (non-hydrogen) atoms. The van der Waals surface area contributed by atoms with E-state index in [4.69, 9.17) is 9.47 Å². The summed E-state index contributed by atoms with van der Waals surface area (Å²) in [5, 5.41) is 11.8. The minimum atomic E-state index is -1.03. The van der Waals surface area contributed by atoms with Crippen LogP contribution in [0.25, 0.3) is 11.1 Å². The Hall–Kier alpha value is -2.69. The number of rotatable bonds is 4. The summed E-state index contributed by atoms with van der Waals surface area (Å²) in [6.07, 6.45) is -1.03. The van der Waals surface area contributed by atoms with Crippen LogP contribution in [0.4, 0.5) is 4.79 Å². The fourth-order valence-electron chi connectivity index (χ4n) is 3.17. The van der Waals surface area contributed by atoms with Crippen molar-refractivity contribution in [2.75, 3.05) is 13.2 Å². The summed E-state index contributed by atoms with van der Waals surface area (Å²) < 4.78 is 11.5. The van der Waals surface area contributed by atoms with Crippen LogP contribution in [-0.4, -0.2) is 24.4 Å². The van der Waals surface area contributed by atoms with Crippen LogP contribution in [0.3, 0.4) is 0 Å². The molecule has 0 radical (unpaired) electrons. The molecular weight excluding hydrogens is 318 g/mol. The molecule has 1 atom stereocenters. The van der Waals surface area contributed by atoms with Gasteiger partial charge in [-0.3, -0.25) is 0 Å². The highest BCUT2D eigenvalue weighted by Gasteiger charge is 2.38. The molecule has 5 nitrogen and oxygen atoms in total. The Morgan fingerprint density at radius 3 is 2.76 bits per heavy atom. The van der Waals surface area contributed by atoms with E-state index in [9.17, 15) is 9.90 Å². The number of carbonyl (C=O) groups is 1. The lowest BCUT2D eigenvalue weighted by atomic mass is 9.78. The lowest BCUT2D eigenvalue weighted by Crippen LogP contribution is -2.43. The summed E-state index contributed by atoms with van der Waals surface area (Å²) in [5.41, 5.74) is 2.59. The molecule has 3 rings (SSSR count). The van der Waals surface area contributed by atoms with E-state index in [1.165, 1.54) is 0 Å². The lowest BCUT2D eigenvalue weighted by Gasteiger charge is -2.39. The molecular formula is C20H23NO4. The number of benzene rings is 2. The number of hydrogen-bond donors (Lipinski definition) is 2. The Kier molecular flexibility index (Phi) is 4.57. The topological polar surface area (TPSA) is 67.8 Å². The minimum Gasteiger partial charge on any atom is -0.494 e. The van der Waals surface area contributed by atoms with Crippen molar-refractivity contribution in [3.63, 3.8) is 0 Å². The van der Waals surface area contributed by atoms with Gasteiger partial charge >= 0.3 is 6.09 Å². The van der Waals surface area contributed by atoms with E-state index < -0.39 is 6.09 Å². The second kappa shape index (κ2) is 6.67. The fraction of sp³-hybridized carbons (Fsp3) is 0.350. The summed E-state index contributed by atoms with van der Waals surface area (Å²) in [5.74, 6) is 1.54. The summed E-state index contributed by atoms with van der Waals surface area (Å²) in [7, 11) is 0. The van der Waals surface area contributed by atoms with Crippen LogP contribution in [0.2, 0.25) is 0 Å². The van der Waals surface area contributed by atoms with E-state index in [2.05, 4.69) is 5.32 Å². The molecule has 0 bridgehead atoms. The number of fused-ring (bicyclic) bond motifs is 1. The molecule has 1 heterocycles. The molecule has 0 spiro atoms. The monoisotopic (exact) mass is 341 g/mol. The molecule has 0 saturated carbocycles. The van der Waals surface area contributed by atoms with Crippen molar-refractivity contribution in [1.82, 2.24) is 5.32 Å². The van der Waals surface area contributed by atoms with Crippen molar-refractivity contribution >= 4 is 6.09 Å². The summed E-state index contributed by atoms with van der Waals surface area (Å²) in [6, 6.07) is 13.5.